The molecule has 0 spiro atoms. The minimum Gasteiger partial charge on any atom is -0.497 e. The molecule has 0 aliphatic carbocycles. The minimum atomic E-state index is -0.796. The number of ether oxygens (including phenoxy) is 1. The van der Waals surface area contributed by atoms with Crippen molar-refractivity contribution in [3.8, 4) is 5.75 Å². The van der Waals surface area contributed by atoms with Crippen LogP contribution in [0.2, 0.25) is 0 Å². The van der Waals surface area contributed by atoms with E-state index in [-0.39, 0.29) is 11.3 Å². The Kier molecular flexibility index (Phi) is 5.62. The normalized spacial score (nSPS) is 14.1. The van der Waals surface area contributed by atoms with Crippen LogP contribution in [-0.2, 0) is 5.41 Å². The van der Waals surface area contributed by atoms with Gasteiger partial charge in [0.05, 0.1) is 30.5 Å². The van der Waals surface area contributed by atoms with E-state index in [0.29, 0.717) is 4.88 Å². The third-order valence-electron chi connectivity index (χ3n) is 3.66. The number of methoxy groups -OCH3 is 1. The maximum Gasteiger partial charge on any atom is 0.263 e. The van der Waals surface area contributed by atoms with Crippen molar-refractivity contribution in [1.29, 1.82) is 0 Å². The lowest BCUT2D eigenvalue weighted by molar-refractivity contribution is 0.0855. The van der Waals surface area contributed by atoms with Crippen LogP contribution in [0.4, 0.5) is 0 Å². The Morgan fingerprint density at radius 3 is 2.42 bits per heavy atom. The fraction of sp³-hybridized carbons (Fsp3) is 0.444. The summed E-state index contributed by atoms with van der Waals surface area (Å²) in [6.45, 7) is 7.95. The molecule has 1 amide bonds. The smallest absolute Gasteiger partial charge is 0.263 e. The fourth-order valence-electron chi connectivity index (χ4n) is 2.17. The molecular formula is C18H24N2O3S. The number of nitrogens with one attached hydrogen (secondary N) is 1. The Balaban J connectivity index is 2.03. The fourth-order valence-corrected chi connectivity index (χ4v) is 3.05. The second-order valence-electron chi connectivity index (χ2n) is 6.76. The molecule has 0 fully saturated rings. The van der Waals surface area contributed by atoms with Gasteiger partial charge in [-0.05, 0) is 24.6 Å². The van der Waals surface area contributed by atoms with Crippen LogP contribution >= 0.6 is 11.3 Å². The lowest BCUT2D eigenvalue weighted by Gasteiger charge is -2.20. The number of rotatable bonds is 5. The molecule has 1 heterocycles. The first-order valence-electron chi connectivity index (χ1n) is 7.81. The lowest BCUT2D eigenvalue weighted by Crippen LogP contribution is -2.36. The average molecular weight is 348 g/mol. The monoisotopic (exact) mass is 348 g/mol. The van der Waals surface area contributed by atoms with Gasteiger partial charge in [0, 0.05) is 5.41 Å². The summed E-state index contributed by atoms with van der Waals surface area (Å²) in [5, 5.41) is 14.2. The molecule has 2 unspecified atom stereocenters. The maximum atomic E-state index is 12.4. The van der Waals surface area contributed by atoms with Crippen LogP contribution in [-0.4, -0.2) is 29.1 Å². The molecule has 0 saturated carbocycles. The molecule has 2 rings (SSSR count). The highest BCUT2D eigenvalue weighted by Gasteiger charge is 2.23. The van der Waals surface area contributed by atoms with Crippen LogP contribution in [0.3, 0.4) is 0 Å². The number of aliphatic hydroxyl groups excluding tert-OH is 1. The van der Waals surface area contributed by atoms with Gasteiger partial charge in [0.1, 0.15) is 10.6 Å². The first kappa shape index (κ1) is 18.4. The number of carbonyl (C=O) groups is 1. The summed E-state index contributed by atoms with van der Waals surface area (Å²) < 4.78 is 5.10. The minimum absolute atomic E-state index is 0.0859. The Morgan fingerprint density at radius 2 is 1.92 bits per heavy atom. The van der Waals surface area contributed by atoms with E-state index >= 15 is 0 Å². The van der Waals surface area contributed by atoms with Crippen molar-refractivity contribution in [1.82, 2.24) is 10.3 Å². The maximum absolute atomic E-state index is 12.4. The molecule has 0 bridgehead atoms. The quantitative estimate of drug-likeness (QED) is 0.870. The van der Waals surface area contributed by atoms with Crippen molar-refractivity contribution in [3.63, 3.8) is 0 Å². The topological polar surface area (TPSA) is 71.5 Å². The Labute approximate surface area is 146 Å². The van der Waals surface area contributed by atoms with Crippen LogP contribution < -0.4 is 10.1 Å². The molecule has 130 valence electrons. The summed E-state index contributed by atoms with van der Waals surface area (Å²) in [5.74, 6) is 0.505. The van der Waals surface area contributed by atoms with Crippen molar-refractivity contribution in [2.75, 3.05) is 7.11 Å². The van der Waals surface area contributed by atoms with Crippen LogP contribution in [0, 0.1) is 0 Å². The summed E-state index contributed by atoms with van der Waals surface area (Å²) in [7, 11) is 1.59. The van der Waals surface area contributed by atoms with E-state index in [0.717, 1.165) is 16.3 Å². The predicted octanol–water partition coefficient (Wildman–Crippen LogP) is 3.30. The zero-order valence-corrected chi connectivity index (χ0v) is 15.5. The van der Waals surface area contributed by atoms with E-state index in [9.17, 15) is 9.90 Å². The van der Waals surface area contributed by atoms with Crippen LogP contribution in [0.15, 0.2) is 30.5 Å². The summed E-state index contributed by atoms with van der Waals surface area (Å²) in [6, 6.07) is 6.72. The van der Waals surface area contributed by atoms with E-state index in [1.54, 1.807) is 44.5 Å². The molecule has 6 heteroatoms. The van der Waals surface area contributed by atoms with Crippen LogP contribution in [0.25, 0.3) is 0 Å². The van der Waals surface area contributed by atoms with E-state index in [4.69, 9.17) is 4.74 Å². The SMILES string of the molecule is COc1ccc(C(O)C(C)NC(=O)c2cnc(C(C)(C)C)s2)cc1. The van der Waals surface area contributed by atoms with E-state index in [1.807, 2.05) is 0 Å². The van der Waals surface area contributed by atoms with Gasteiger partial charge in [-0.2, -0.15) is 0 Å². The van der Waals surface area contributed by atoms with Crippen molar-refractivity contribution in [2.45, 2.75) is 45.3 Å². The molecule has 1 aromatic heterocycles. The number of aliphatic hydroxyl groups is 1. The molecule has 2 atom stereocenters. The number of thiazole rings is 1. The number of nitrogens with zero attached hydrogens (tertiary/aromatic N) is 1. The van der Waals surface area contributed by atoms with Gasteiger partial charge in [-0.15, -0.1) is 11.3 Å². The molecule has 0 aliphatic heterocycles. The largest absolute Gasteiger partial charge is 0.497 e. The summed E-state index contributed by atoms with van der Waals surface area (Å²) in [4.78, 5) is 17.2. The van der Waals surface area contributed by atoms with Crippen molar-refractivity contribution in [3.05, 3.63) is 45.9 Å². The van der Waals surface area contributed by atoms with Gasteiger partial charge in [-0.1, -0.05) is 32.9 Å². The molecule has 2 aromatic rings. The second kappa shape index (κ2) is 7.32. The zero-order valence-electron chi connectivity index (χ0n) is 14.7. The summed E-state index contributed by atoms with van der Waals surface area (Å²) in [6.07, 6.45) is 0.794. The number of aromatic nitrogens is 1. The van der Waals surface area contributed by atoms with Crippen molar-refractivity contribution >= 4 is 17.2 Å². The van der Waals surface area contributed by atoms with Gasteiger partial charge in [0.15, 0.2) is 0 Å². The average Bonchev–Trinajstić information content (AvgIpc) is 3.04. The zero-order chi connectivity index (χ0) is 17.9. The molecule has 1 aromatic carbocycles. The molecule has 2 N–H and O–H groups in total. The van der Waals surface area contributed by atoms with Crippen molar-refractivity contribution < 1.29 is 14.6 Å². The molecule has 0 aliphatic rings. The number of benzene rings is 1. The number of amides is 1. The number of hydrogen-bond acceptors (Lipinski definition) is 5. The third-order valence-corrected chi connectivity index (χ3v) is 5.08. The highest BCUT2D eigenvalue weighted by atomic mass is 32.1. The Hall–Kier alpha value is -1.92. The van der Waals surface area contributed by atoms with Gasteiger partial charge in [0.2, 0.25) is 0 Å². The van der Waals surface area contributed by atoms with Gasteiger partial charge in [-0.25, -0.2) is 4.98 Å². The third kappa shape index (κ3) is 4.33. The molecule has 24 heavy (non-hydrogen) atoms. The summed E-state index contributed by atoms with van der Waals surface area (Å²) >= 11 is 1.38. The molecular weight excluding hydrogens is 324 g/mol. The van der Waals surface area contributed by atoms with Gasteiger partial charge < -0.3 is 15.2 Å². The number of carbonyl (C=O) groups excluding carboxylic acids is 1. The first-order valence-corrected chi connectivity index (χ1v) is 8.63. The second-order valence-corrected chi connectivity index (χ2v) is 7.79. The lowest BCUT2D eigenvalue weighted by atomic mass is 9.98. The van der Waals surface area contributed by atoms with Gasteiger partial charge in [-0.3, -0.25) is 4.79 Å². The van der Waals surface area contributed by atoms with Crippen LogP contribution in [0.5, 0.6) is 5.75 Å². The first-order chi connectivity index (χ1) is 11.2. The molecule has 0 radical (unpaired) electrons. The summed E-state index contributed by atoms with van der Waals surface area (Å²) in [5.41, 5.74) is 0.639. The van der Waals surface area contributed by atoms with Gasteiger partial charge in [0.25, 0.3) is 5.91 Å². The molecule has 0 saturated heterocycles. The predicted molar refractivity (Wildman–Crippen MR) is 95.7 cm³/mol. The van der Waals surface area contributed by atoms with Gasteiger partial charge >= 0.3 is 0 Å². The highest BCUT2D eigenvalue weighted by molar-refractivity contribution is 7.13. The van der Waals surface area contributed by atoms with Crippen LogP contribution in [0.1, 0.15) is 54.0 Å². The Bertz CT molecular complexity index is 689. The Morgan fingerprint density at radius 1 is 1.29 bits per heavy atom. The number of hydrogen-bond donors (Lipinski definition) is 2. The van der Waals surface area contributed by atoms with E-state index in [2.05, 4.69) is 31.1 Å². The standard InChI is InChI=1S/C18H24N2O3S/c1-11(15(21)12-6-8-13(23-5)9-7-12)20-16(22)14-10-19-17(24-14)18(2,3)4/h6-11,15,21H,1-5H3,(H,20,22). The highest BCUT2D eigenvalue weighted by Crippen LogP contribution is 2.27. The van der Waals surface area contributed by atoms with E-state index in [1.165, 1.54) is 11.3 Å². The van der Waals surface area contributed by atoms with E-state index < -0.39 is 12.1 Å². The molecule has 5 nitrogen and oxygen atoms in total. The van der Waals surface area contributed by atoms with Crippen molar-refractivity contribution in [2.24, 2.45) is 0 Å².